The number of nitrogens with zero attached hydrogens (tertiary/aromatic N) is 3. The molecule has 1 heterocycles. The van der Waals surface area contributed by atoms with Crippen LogP contribution in [0.1, 0.15) is 20.7 Å². The quantitative estimate of drug-likeness (QED) is 0.833. The molecule has 6 heteroatoms. The Kier molecular flexibility index (Phi) is 5.47. The average molecular weight is 372 g/mol. The molecule has 0 spiro atoms. The van der Waals surface area contributed by atoms with Gasteiger partial charge in [0.05, 0.1) is 10.6 Å². The molecule has 0 N–H and O–H groups in total. The van der Waals surface area contributed by atoms with Crippen molar-refractivity contribution in [2.75, 3.05) is 45.2 Å². The smallest absolute Gasteiger partial charge is 0.255 e. The van der Waals surface area contributed by atoms with E-state index in [0.29, 0.717) is 42.3 Å². The van der Waals surface area contributed by atoms with Crippen LogP contribution in [0.5, 0.6) is 0 Å². The zero-order valence-corrected chi connectivity index (χ0v) is 15.7. The highest BCUT2D eigenvalue weighted by molar-refractivity contribution is 6.33. The van der Waals surface area contributed by atoms with E-state index in [0.717, 1.165) is 5.69 Å². The summed E-state index contributed by atoms with van der Waals surface area (Å²) in [5.41, 5.74) is 2.16. The fourth-order valence-corrected chi connectivity index (χ4v) is 3.23. The highest BCUT2D eigenvalue weighted by atomic mass is 35.5. The summed E-state index contributed by atoms with van der Waals surface area (Å²) < 4.78 is 0. The first kappa shape index (κ1) is 18.3. The number of hydrogen-bond acceptors (Lipinski definition) is 3. The molecule has 136 valence electrons. The summed E-state index contributed by atoms with van der Waals surface area (Å²) in [4.78, 5) is 30.9. The van der Waals surface area contributed by atoms with Crippen molar-refractivity contribution < 1.29 is 9.59 Å². The summed E-state index contributed by atoms with van der Waals surface area (Å²) in [7, 11) is 3.89. The first-order valence-electron chi connectivity index (χ1n) is 8.58. The maximum absolute atomic E-state index is 12.8. The number of carbonyl (C=O) groups excluding carboxylic acids is 2. The van der Waals surface area contributed by atoms with Gasteiger partial charge in [0, 0.05) is 51.5 Å². The molecule has 0 aliphatic carbocycles. The number of amides is 2. The van der Waals surface area contributed by atoms with Gasteiger partial charge in [0.15, 0.2) is 0 Å². The van der Waals surface area contributed by atoms with E-state index < -0.39 is 0 Å². The Bertz CT molecular complexity index is 814. The van der Waals surface area contributed by atoms with Crippen LogP contribution < -0.4 is 4.90 Å². The van der Waals surface area contributed by atoms with E-state index in [1.807, 2.05) is 43.3 Å². The molecule has 0 saturated carbocycles. The van der Waals surface area contributed by atoms with Gasteiger partial charge < -0.3 is 14.7 Å². The predicted octanol–water partition coefficient (Wildman–Crippen LogP) is 3.00. The van der Waals surface area contributed by atoms with E-state index in [1.54, 1.807) is 34.1 Å². The van der Waals surface area contributed by atoms with Crippen molar-refractivity contribution in [3.8, 4) is 0 Å². The predicted molar refractivity (Wildman–Crippen MR) is 104 cm³/mol. The van der Waals surface area contributed by atoms with Crippen molar-refractivity contribution in [2.45, 2.75) is 0 Å². The number of anilines is 1. The van der Waals surface area contributed by atoms with Crippen LogP contribution in [0.15, 0.2) is 48.5 Å². The van der Waals surface area contributed by atoms with Gasteiger partial charge in [0.25, 0.3) is 11.8 Å². The van der Waals surface area contributed by atoms with Crippen molar-refractivity contribution in [3.63, 3.8) is 0 Å². The molecule has 1 aliphatic heterocycles. The lowest BCUT2D eigenvalue weighted by atomic mass is 10.1. The summed E-state index contributed by atoms with van der Waals surface area (Å²) in [6.07, 6.45) is 0. The van der Waals surface area contributed by atoms with Gasteiger partial charge in [0.1, 0.15) is 0 Å². The van der Waals surface area contributed by atoms with E-state index >= 15 is 0 Å². The van der Waals surface area contributed by atoms with Crippen molar-refractivity contribution >= 4 is 29.1 Å². The van der Waals surface area contributed by atoms with E-state index in [-0.39, 0.29) is 11.8 Å². The van der Waals surface area contributed by atoms with E-state index in [9.17, 15) is 9.59 Å². The molecule has 2 amide bonds. The minimum Gasteiger partial charge on any atom is -0.378 e. The SMILES string of the molecule is CN(C)c1cccc(C(=O)N2CCN(C(=O)c3ccccc3Cl)CC2)c1. The lowest BCUT2D eigenvalue weighted by Gasteiger charge is -2.35. The van der Waals surface area contributed by atoms with Crippen LogP contribution in [-0.4, -0.2) is 61.9 Å². The second-order valence-corrected chi connectivity index (χ2v) is 6.92. The van der Waals surface area contributed by atoms with Crippen LogP contribution in [0.25, 0.3) is 0 Å². The highest BCUT2D eigenvalue weighted by Gasteiger charge is 2.26. The summed E-state index contributed by atoms with van der Waals surface area (Å²) >= 11 is 6.12. The minimum absolute atomic E-state index is 0.00135. The molecule has 0 atom stereocenters. The second kappa shape index (κ2) is 7.79. The topological polar surface area (TPSA) is 43.9 Å². The van der Waals surface area contributed by atoms with Crippen LogP contribution >= 0.6 is 11.6 Å². The number of halogens is 1. The van der Waals surface area contributed by atoms with Crippen molar-refractivity contribution in [2.24, 2.45) is 0 Å². The van der Waals surface area contributed by atoms with Gasteiger partial charge in [-0.3, -0.25) is 9.59 Å². The Hall–Kier alpha value is -2.53. The Balaban J connectivity index is 1.65. The third-order valence-electron chi connectivity index (χ3n) is 4.57. The largest absolute Gasteiger partial charge is 0.378 e. The minimum atomic E-state index is -0.0858. The molecule has 1 saturated heterocycles. The normalized spacial score (nSPS) is 14.3. The number of rotatable bonds is 3. The summed E-state index contributed by atoms with van der Waals surface area (Å²) in [5, 5.41) is 0.455. The lowest BCUT2D eigenvalue weighted by Crippen LogP contribution is -2.50. The summed E-state index contributed by atoms with van der Waals surface area (Å²) in [5.74, 6) is -0.0872. The van der Waals surface area contributed by atoms with E-state index in [2.05, 4.69) is 0 Å². The summed E-state index contributed by atoms with van der Waals surface area (Å²) in [6.45, 7) is 2.04. The van der Waals surface area contributed by atoms with Crippen LogP contribution in [-0.2, 0) is 0 Å². The molecule has 2 aromatic rings. The number of hydrogen-bond donors (Lipinski definition) is 0. The van der Waals surface area contributed by atoms with Crippen molar-refractivity contribution in [3.05, 3.63) is 64.7 Å². The number of piperazine rings is 1. The first-order valence-corrected chi connectivity index (χ1v) is 8.95. The fourth-order valence-electron chi connectivity index (χ4n) is 3.02. The Morgan fingerprint density at radius 2 is 1.50 bits per heavy atom. The molecule has 5 nitrogen and oxygen atoms in total. The van der Waals surface area contributed by atoms with Gasteiger partial charge in [-0.15, -0.1) is 0 Å². The Morgan fingerprint density at radius 1 is 0.885 bits per heavy atom. The van der Waals surface area contributed by atoms with Gasteiger partial charge in [-0.2, -0.15) is 0 Å². The molecule has 0 radical (unpaired) electrons. The maximum Gasteiger partial charge on any atom is 0.255 e. The molecular weight excluding hydrogens is 350 g/mol. The number of benzene rings is 2. The van der Waals surface area contributed by atoms with Gasteiger partial charge in [-0.05, 0) is 30.3 Å². The van der Waals surface area contributed by atoms with Crippen molar-refractivity contribution in [1.82, 2.24) is 9.80 Å². The third-order valence-corrected chi connectivity index (χ3v) is 4.90. The third kappa shape index (κ3) is 3.83. The lowest BCUT2D eigenvalue weighted by molar-refractivity contribution is 0.0535. The van der Waals surface area contributed by atoms with Gasteiger partial charge in [-0.25, -0.2) is 0 Å². The molecule has 1 aliphatic rings. The zero-order chi connectivity index (χ0) is 18.7. The average Bonchev–Trinajstić information content (AvgIpc) is 2.67. The Labute approximate surface area is 158 Å². The fraction of sp³-hybridized carbons (Fsp3) is 0.300. The molecule has 0 unspecified atom stereocenters. The Morgan fingerprint density at radius 3 is 2.12 bits per heavy atom. The van der Waals surface area contributed by atoms with Crippen LogP contribution in [0.2, 0.25) is 5.02 Å². The molecule has 26 heavy (non-hydrogen) atoms. The van der Waals surface area contributed by atoms with Crippen LogP contribution in [0.3, 0.4) is 0 Å². The monoisotopic (exact) mass is 371 g/mol. The molecule has 0 aromatic heterocycles. The van der Waals surface area contributed by atoms with Gasteiger partial charge in [-0.1, -0.05) is 29.8 Å². The molecule has 0 bridgehead atoms. The highest BCUT2D eigenvalue weighted by Crippen LogP contribution is 2.19. The zero-order valence-electron chi connectivity index (χ0n) is 15.0. The maximum atomic E-state index is 12.8. The standard InChI is InChI=1S/C20H22ClN3O2/c1-22(2)16-7-5-6-15(14-16)19(25)23-10-12-24(13-11-23)20(26)17-8-3-4-9-18(17)21/h3-9,14H,10-13H2,1-2H3. The van der Waals surface area contributed by atoms with Gasteiger partial charge in [0.2, 0.25) is 0 Å². The van der Waals surface area contributed by atoms with E-state index in [4.69, 9.17) is 11.6 Å². The molecule has 3 rings (SSSR count). The molecule has 1 fully saturated rings. The van der Waals surface area contributed by atoms with E-state index in [1.165, 1.54) is 0 Å². The number of carbonyl (C=O) groups is 2. The first-order chi connectivity index (χ1) is 12.5. The van der Waals surface area contributed by atoms with Gasteiger partial charge >= 0.3 is 0 Å². The van der Waals surface area contributed by atoms with Crippen molar-refractivity contribution in [1.29, 1.82) is 0 Å². The van der Waals surface area contributed by atoms with Crippen LogP contribution in [0, 0.1) is 0 Å². The second-order valence-electron chi connectivity index (χ2n) is 6.51. The molecular formula is C20H22ClN3O2. The van der Waals surface area contributed by atoms with Crippen LogP contribution in [0.4, 0.5) is 5.69 Å². The summed E-state index contributed by atoms with van der Waals surface area (Å²) in [6, 6.07) is 14.6. The molecule has 2 aromatic carbocycles.